The van der Waals surface area contributed by atoms with Crippen molar-refractivity contribution in [2.75, 3.05) is 0 Å². The molecule has 0 atom stereocenters. The van der Waals surface area contributed by atoms with E-state index >= 15 is 0 Å². The maximum absolute atomic E-state index is 2.40. The van der Waals surface area contributed by atoms with Gasteiger partial charge in [0.1, 0.15) is 0 Å². The Labute approximate surface area is 223 Å². The Morgan fingerprint density at radius 1 is 0.368 bits per heavy atom. The van der Waals surface area contributed by atoms with Crippen molar-refractivity contribution in [3.05, 3.63) is 145 Å². The van der Waals surface area contributed by atoms with Gasteiger partial charge >= 0.3 is 0 Å². The lowest BCUT2D eigenvalue weighted by molar-refractivity contribution is 1.47. The molecule has 38 heavy (non-hydrogen) atoms. The van der Waals surface area contributed by atoms with Crippen LogP contribution in [0.4, 0.5) is 0 Å². The molecule has 0 nitrogen and oxygen atoms in total. The minimum absolute atomic E-state index is 1.24. The molecule has 0 radical (unpaired) electrons. The number of fused-ring (bicyclic) bond motifs is 3. The molecule has 0 aliphatic rings. The van der Waals surface area contributed by atoms with Gasteiger partial charge in [-0.05, 0) is 97.2 Å². The highest BCUT2D eigenvalue weighted by molar-refractivity contribution is 6.24. The van der Waals surface area contributed by atoms with Crippen LogP contribution in [0.25, 0.3) is 65.7 Å². The van der Waals surface area contributed by atoms with E-state index in [1.807, 2.05) is 0 Å². The molecule has 0 heteroatoms. The zero-order valence-electron chi connectivity index (χ0n) is 21.7. The Morgan fingerprint density at radius 2 is 0.868 bits per heavy atom. The van der Waals surface area contributed by atoms with Gasteiger partial charge in [-0.1, -0.05) is 127 Å². The van der Waals surface area contributed by atoms with Crippen LogP contribution < -0.4 is 0 Å². The predicted octanol–water partition coefficient (Wildman–Crippen LogP) is 10.8. The van der Waals surface area contributed by atoms with E-state index in [4.69, 9.17) is 0 Å². The first-order valence-corrected chi connectivity index (χ1v) is 13.3. The predicted molar refractivity (Wildman–Crippen MR) is 165 cm³/mol. The minimum atomic E-state index is 1.24. The standard InChI is InChI=1S/C38H28/c1-25-19-21-27(22-20-25)29-23-28-12-4-6-14-31(28)36(24-29)38-34-17-9-7-15-32(34)37(30-13-5-3-11-26(30)2)33-16-8-10-18-35(33)38/h3-24H,1-2H3. The van der Waals surface area contributed by atoms with Crippen LogP contribution in [0.1, 0.15) is 11.1 Å². The van der Waals surface area contributed by atoms with Crippen molar-refractivity contribution in [3.8, 4) is 33.4 Å². The Morgan fingerprint density at radius 3 is 1.47 bits per heavy atom. The molecule has 7 aromatic carbocycles. The van der Waals surface area contributed by atoms with Gasteiger partial charge in [0.05, 0.1) is 0 Å². The molecule has 0 bridgehead atoms. The first kappa shape index (κ1) is 22.5. The van der Waals surface area contributed by atoms with Crippen LogP contribution in [0.15, 0.2) is 133 Å². The van der Waals surface area contributed by atoms with Crippen molar-refractivity contribution < 1.29 is 0 Å². The highest BCUT2D eigenvalue weighted by Gasteiger charge is 2.19. The molecule has 0 saturated carbocycles. The number of aryl methyl sites for hydroxylation is 2. The Kier molecular flexibility index (Phi) is 5.34. The van der Waals surface area contributed by atoms with Crippen LogP contribution in [-0.4, -0.2) is 0 Å². The van der Waals surface area contributed by atoms with E-state index in [9.17, 15) is 0 Å². The lowest BCUT2D eigenvalue weighted by Crippen LogP contribution is -1.93. The Bertz CT molecular complexity index is 1920. The van der Waals surface area contributed by atoms with Crippen molar-refractivity contribution in [2.45, 2.75) is 13.8 Å². The van der Waals surface area contributed by atoms with Crippen LogP contribution >= 0.6 is 0 Å². The van der Waals surface area contributed by atoms with Crippen molar-refractivity contribution in [3.63, 3.8) is 0 Å². The summed E-state index contributed by atoms with van der Waals surface area (Å²) in [6.45, 7) is 4.36. The number of benzene rings is 7. The van der Waals surface area contributed by atoms with Crippen LogP contribution in [0, 0.1) is 13.8 Å². The molecule has 0 aromatic heterocycles. The van der Waals surface area contributed by atoms with Gasteiger partial charge in [0.2, 0.25) is 0 Å². The summed E-state index contributed by atoms with van der Waals surface area (Å²) in [5, 5.41) is 7.70. The molecule has 0 unspecified atom stereocenters. The van der Waals surface area contributed by atoms with Crippen LogP contribution in [0.5, 0.6) is 0 Å². The van der Waals surface area contributed by atoms with E-state index in [0.29, 0.717) is 0 Å². The molecule has 0 aliphatic heterocycles. The van der Waals surface area contributed by atoms with Gasteiger partial charge in [0, 0.05) is 0 Å². The summed E-state index contributed by atoms with van der Waals surface area (Å²) >= 11 is 0. The summed E-state index contributed by atoms with van der Waals surface area (Å²) in [5.41, 5.74) is 10.3. The molecule has 0 N–H and O–H groups in total. The SMILES string of the molecule is Cc1ccc(-c2cc(-c3c4ccccc4c(-c4ccccc4C)c4ccccc34)c3ccccc3c2)cc1. The van der Waals surface area contributed by atoms with Crippen molar-refractivity contribution >= 4 is 32.3 Å². The number of rotatable bonds is 3. The fraction of sp³-hybridized carbons (Fsp3) is 0.0526. The highest BCUT2D eigenvalue weighted by atomic mass is 14.2. The third kappa shape index (κ3) is 3.61. The summed E-state index contributed by atoms with van der Waals surface area (Å²) < 4.78 is 0. The summed E-state index contributed by atoms with van der Waals surface area (Å²) in [6, 6.07) is 49.0. The average Bonchev–Trinajstić information content (AvgIpc) is 2.96. The maximum Gasteiger partial charge on any atom is -0.00199 e. The van der Waals surface area contributed by atoms with Gasteiger partial charge in [-0.15, -0.1) is 0 Å². The first-order valence-electron chi connectivity index (χ1n) is 13.3. The third-order valence-corrected chi connectivity index (χ3v) is 7.86. The first-order chi connectivity index (χ1) is 18.7. The van der Waals surface area contributed by atoms with E-state index in [2.05, 4.69) is 147 Å². The van der Waals surface area contributed by atoms with Gasteiger partial charge < -0.3 is 0 Å². The van der Waals surface area contributed by atoms with E-state index in [1.165, 1.54) is 76.8 Å². The smallest absolute Gasteiger partial charge is 0.00199 e. The normalized spacial score (nSPS) is 11.4. The summed E-state index contributed by atoms with van der Waals surface area (Å²) in [4.78, 5) is 0. The molecule has 7 rings (SSSR count). The van der Waals surface area contributed by atoms with Gasteiger partial charge in [0.15, 0.2) is 0 Å². The second kappa shape index (κ2) is 9.01. The number of hydrogen-bond donors (Lipinski definition) is 0. The largest absolute Gasteiger partial charge is 0.0620 e. The number of hydrogen-bond acceptors (Lipinski definition) is 0. The van der Waals surface area contributed by atoms with E-state index in [0.717, 1.165) is 0 Å². The van der Waals surface area contributed by atoms with Crippen molar-refractivity contribution in [2.24, 2.45) is 0 Å². The quantitative estimate of drug-likeness (QED) is 0.219. The molecule has 0 heterocycles. The van der Waals surface area contributed by atoms with Crippen LogP contribution in [0.3, 0.4) is 0 Å². The summed E-state index contributed by atoms with van der Waals surface area (Å²) in [7, 11) is 0. The fourth-order valence-electron chi connectivity index (χ4n) is 5.99. The van der Waals surface area contributed by atoms with Gasteiger partial charge in [0.25, 0.3) is 0 Å². The molecule has 0 spiro atoms. The topological polar surface area (TPSA) is 0 Å². The van der Waals surface area contributed by atoms with Gasteiger partial charge in [-0.25, -0.2) is 0 Å². The molecule has 0 aliphatic carbocycles. The van der Waals surface area contributed by atoms with Crippen LogP contribution in [0.2, 0.25) is 0 Å². The zero-order valence-corrected chi connectivity index (χ0v) is 21.7. The molecular weight excluding hydrogens is 456 g/mol. The highest BCUT2D eigenvalue weighted by Crippen LogP contribution is 2.46. The van der Waals surface area contributed by atoms with Crippen molar-refractivity contribution in [1.82, 2.24) is 0 Å². The minimum Gasteiger partial charge on any atom is -0.0620 e. The van der Waals surface area contributed by atoms with E-state index < -0.39 is 0 Å². The van der Waals surface area contributed by atoms with E-state index in [1.54, 1.807) is 0 Å². The average molecular weight is 485 g/mol. The molecular formula is C38H28. The molecule has 0 amide bonds. The van der Waals surface area contributed by atoms with Crippen LogP contribution in [-0.2, 0) is 0 Å². The lowest BCUT2D eigenvalue weighted by atomic mass is 9.83. The summed E-state index contributed by atoms with van der Waals surface area (Å²) in [5.74, 6) is 0. The summed E-state index contributed by atoms with van der Waals surface area (Å²) in [6.07, 6.45) is 0. The fourth-order valence-corrected chi connectivity index (χ4v) is 5.99. The molecule has 0 saturated heterocycles. The molecule has 180 valence electrons. The Hall–Kier alpha value is -4.68. The van der Waals surface area contributed by atoms with Crippen molar-refractivity contribution in [1.29, 1.82) is 0 Å². The zero-order chi connectivity index (χ0) is 25.6. The third-order valence-electron chi connectivity index (χ3n) is 7.86. The second-order valence-corrected chi connectivity index (χ2v) is 10.3. The van der Waals surface area contributed by atoms with E-state index in [-0.39, 0.29) is 0 Å². The molecule has 0 fully saturated rings. The monoisotopic (exact) mass is 484 g/mol. The second-order valence-electron chi connectivity index (χ2n) is 10.3. The van der Waals surface area contributed by atoms with Gasteiger partial charge in [-0.3, -0.25) is 0 Å². The van der Waals surface area contributed by atoms with Gasteiger partial charge in [-0.2, -0.15) is 0 Å². The molecule has 7 aromatic rings. The lowest BCUT2D eigenvalue weighted by Gasteiger charge is -2.20. The Balaban J connectivity index is 1.65. The maximum atomic E-state index is 2.40.